The number of ether oxygens (including phenoxy) is 1. The molecule has 0 atom stereocenters. The van der Waals surface area contributed by atoms with E-state index >= 15 is 0 Å². The van der Waals surface area contributed by atoms with E-state index in [1.807, 2.05) is 42.5 Å². The molecule has 0 saturated carbocycles. The molecule has 0 aliphatic heterocycles. The van der Waals surface area contributed by atoms with E-state index in [-0.39, 0.29) is 11.3 Å². The van der Waals surface area contributed by atoms with Gasteiger partial charge in [0.05, 0.1) is 18.9 Å². The molecule has 3 rings (SSSR count). The lowest BCUT2D eigenvalue weighted by Gasteiger charge is -2.11. The van der Waals surface area contributed by atoms with E-state index in [9.17, 15) is 9.90 Å². The third kappa shape index (κ3) is 5.44. The van der Waals surface area contributed by atoms with Gasteiger partial charge in [0.2, 0.25) is 0 Å². The first kappa shape index (κ1) is 20.6. The van der Waals surface area contributed by atoms with Gasteiger partial charge >= 0.3 is 0 Å². The number of rotatable bonds is 6. The number of hydrogen-bond acceptors (Lipinski definition) is 4. The number of phenols is 1. The van der Waals surface area contributed by atoms with Crippen LogP contribution in [0.5, 0.6) is 11.5 Å². The summed E-state index contributed by atoms with van der Waals surface area (Å²) in [6, 6.07) is 20.2. The minimum atomic E-state index is -0.471. The van der Waals surface area contributed by atoms with Crippen LogP contribution in [0.15, 0.2) is 71.8 Å². The van der Waals surface area contributed by atoms with Gasteiger partial charge in [-0.25, -0.2) is 5.43 Å². The zero-order chi connectivity index (χ0) is 19.9. The molecule has 7 heteroatoms. The van der Waals surface area contributed by atoms with Crippen LogP contribution in [0.1, 0.15) is 21.5 Å². The van der Waals surface area contributed by atoms with Crippen LogP contribution in [-0.2, 0) is 6.61 Å². The molecule has 0 aliphatic carbocycles. The topological polar surface area (TPSA) is 70.9 Å². The van der Waals surface area contributed by atoms with E-state index < -0.39 is 5.91 Å². The fourth-order valence-corrected chi connectivity index (χ4v) is 4.54. The van der Waals surface area contributed by atoms with Gasteiger partial charge in [-0.15, -0.1) is 0 Å². The average molecular weight is 598 g/mol. The van der Waals surface area contributed by atoms with Gasteiger partial charge in [0, 0.05) is 0 Å². The number of hydrazone groups is 1. The highest BCUT2D eigenvalue weighted by Gasteiger charge is 2.10. The lowest BCUT2D eigenvalue weighted by molar-refractivity contribution is 0.0952. The highest BCUT2D eigenvalue weighted by molar-refractivity contribution is 14.1. The maximum absolute atomic E-state index is 12.1. The van der Waals surface area contributed by atoms with Gasteiger partial charge < -0.3 is 9.84 Å². The van der Waals surface area contributed by atoms with Crippen LogP contribution < -0.4 is 10.2 Å². The second-order valence-electron chi connectivity index (χ2n) is 5.80. The van der Waals surface area contributed by atoms with Crippen molar-refractivity contribution < 1.29 is 14.6 Å². The number of carbonyl (C=O) groups excluding carboxylic acids is 1. The first-order chi connectivity index (χ1) is 13.5. The van der Waals surface area contributed by atoms with Crippen LogP contribution in [0, 0.1) is 7.14 Å². The first-order valence-corrected chi connectivity index (χ1v) is 10.5. The molecule has 0 radical (unpaired) electrons. The predicted molar refractivity (Wildman–Crippen MR) is 126 cm³/mol. The highest BCUT2D eigenvalue weighted by atomic mass is 127. The predicted octanol–water partition coefficient (Wildman–Crippen LogP) is 4.94. The number of para-hydroxylation sites is 1. The summed E-state index contributed by atoms with van der Waals surface area (Å²) in [6.07, 6.45) is 1.56. The number of carbonyl (C=O) groups is 1. The Morgan fingerprint density at radius 1 is 1.04 bits per heavy atom. The van der Waals surface area contributed by atoms with E-state index in [2.05, 4.69) is 55.7 Å². The Kier molecular flexibility index (Phi) is 7.26. The Hall–Kier alpha value is -2.14. The minimum absolute atomic E-state index is 0.0841. The molecule has 0 unspecified atom stereocenters. The van der Waals surface area contributed by atoms with Crippen molar-refractivity contribution in [3.05, 3.63) is 90.6 Å². The standard InChI is InChI=1S/C21H16I2N2O3/c22-17-10-15(12-24-25-21(27)16-8-4-5-9-19(16)26)11-18(23)20(17)28-13-14-6-2-1-3-7-14/h1-12,26H,13H2,(H,25,27). The zero-order valence-corrected chi connectivity index (χ0v) is 18.9. The van der Waals surface area contributed by atoms with Gasteiger partial charge in [-0.05, 0) is 80.6 Å². The number of halogens is 2. The number of amides is 1. The van der Waals surface area contributed by atoms with Crippen molar-refractivity contribution in [2.24, 2.45) is 5.10 Å². The molecule has 0 saturated heterocycles. The van der Waals surface area contributed by atoms with Gasteiger partial charge in [0.1, 0.15) is 18.1 Å². The fraction of sp³-hybridized carbons (Fsp3) is 0.0476. The molecule has 2 N–H and O–H groups in total. The van der Waals surface area contributed by atoms with Crippen molar-refractivity contribution >= 4 is 57.3 Å². The number of nitrogens with zero attached hydrogens (tertiary/aromatic N) is 1. The minimum Gasteiger partial charge on any atom is -0.507 e. The molecule has 0 bridgehead atoms. The molecule has 3 aromatic carbocycles. The van der Waals surface area contributed by atoms with Crippen LogP contribution in [0.2, 0.25) is 0 Å². The van der Waals surface area contributed by atoms with Crippen molar-refractivity contribution in [2.45, 2.75) is 6.61 Å². The molecule has 5 nitrogen and oxygen atoms in total. The van der Waals surface area contributed by atoms with Gasteiger partial charge in [0.25, 0.3) is 5.91 Å². The monoisotopic (exact) mass is 598 g/mol. The van der Waals surface area contributed by atoms with Crippen molar-refractivity contribution in [2.75, 3.05) is 0 Å². The maximum atomic E-state index is 12.1. The Morgan fingerprint density at radius 2 is 1.68 bits per heavy atom. The van der Waals surface area contributed by atoms with Crippen molar-refractivity contribution in [1.29, 1.82) is 0 Å². The molecule has 0 spiro atoms. The molecule has 142 valence electrons. The lowest BCUT2D eigenvalue weighted by Crippen LogP contribution is -2.17. The molecular formula is C21H16I2N2O3. The summed E-state index contributed by atoms with van der Waals surface area (Å²) in [5.41, 5.74) is 4.53. The van der Waals surface area contributed by atoms with Crippen molar-refractivity contribution in [3.8, 4) is 11.5 Å². The summed E-state index contributed by atoms with van der Waals surface area (Å²) in [5, 5.41) is 13.7. The molecule has 0 heterocycles. The summed E-state index contributed by atoms with van der Waals surface area (Å²) in [6.45, 7) is 0.497. The van der Waals surface area contributed by atoms with Gasteiger partial charge in [-0.3, -0.25) is 4.79 Å². The normalized spacial score (nSPS) is 10.8. The van der Waals surface area contributed by atoms with Gasteiger partial charge in [0.15, 0.2) is 0 Å². The fourth-order valence-electron chi connectivity index (χ4n) is 2.41. The molecule has 0 fully saturated rings. The number of benzene rings is 3. The summed E-state index contributed by atoms with van der Waals surface area (Å²) in [5.74, 6) is 0.265. The maximum Gasteiger partial charge on any atom is 0.275 e. The average Bonchev–Trinajstić information content (AvgIpc) is 2.68. The number of hydrogen-bond donors (Lipinski definition) is 2. The molecule has 3 aromatic rings. The smallest absolute Gasteiger partial charge is 0.275 e. The Morgan fingerprint density at radius 3 is 2.36 bits per heavy atom. The van der Waals surface area contributed by atoms with Crippen LogP contribution in [-0.4, -0.2) is 17.2 Å². The first-order valence-electron chi connectivity index (χ1n) is 8.32. The molecule has 0 aromatic heterocycles. The van der Waals surface area contributed by atoms with Gasteiger partial charge in [-0.2, -0.15) is 5.10 Å². The SMILES string of the molecule is O=C(NN=Cc1cc(I)c(OCc2ccccc2)c(I)c1)c1ccccc1O. The molecular weight excluding hydrogens is 582 g/mol. The summed E-state index contributed by atoms with van der Waals surface area (Å²) < 4.78 is 7.87. The molecule has 0 aliphatic rings. The van der Waals surface area contributed by atoms with E-state index in [0.717, 1.165) is 24.0 Å². The van der Waals surface area contributed by atoms with E-state index in [0.29, 0.717) is 6.61 Å². The summed E-state index contributed by atoms with van der Waals surface area (Å²) >= 11 is 4.44. The zero-order valence-electron chi connectivity index (χ0n) is 14.6. The van der Waals surface area contributed by atoms with Crippen LogP contribution >= 0.6 is 45.2 Å². The summed E-state index contributed by atoms with van der Waals surface area (Å²) in [7, 11) is 0. The number of nitrogens with one attached hydrogen (secondary N) is 1. The third-order valence-corrected chi connectivity index (χ3v) is 5.38. The second kappa shape index (κ2) is 9.87. The number of aromatic hydroxyl groups is 1. The van der Waals surface area contributed by atoms with Gasteiger partial charge in [-0.1, -0.05) is 42.5 Å². The van der Waals surface area contributed by atoms with Crippen LogP contribution in [0.4, 0.5) is 0 Å². The second-order valence-corrected chi connectivity index (χ2v) is 8.13. The Labute approximate surface area is 190 Å². The Bertz CT molecular complexity index is 985. The Balaban J connectivity index is 1.66. The summed E-state index contributed by atoms with van der Waals surface area (Å²) in [4.78, 5) is 12.1. The molecule has 1 amide bonds. The third-order valence-electron chi connectivity index (χ3n) is 3.78. The van der Waals surface area contributed by atoms with E-state index in [1.54, 1.807) is 18.3 Å². The van der Waals surface area contributed by atoms with Crippen molar-refractivity contribution in [3.63, 3.8) is 0 Å². The number of phenolic OH excluding ortho intramolecular Hbond substituents is 1. The quantitative estimate of drug-likeness (QED) is 0.240. The van der Waals surface area contributed by atoms with E-state index in [1.165, 1.54) is 12.1 Å². The van der Waals surface area contributed by atoms with Crippen LogP contribution in [0.25, 0.3) is 0 Å². The molecule has 28 heavy (non-hydrogen) atoms. The highest BCUT2D eigenvalue weighted by Crippen LogP contribution is 2.29. The van der Waals surface area contributed by atoms with Crippen molar-refractivity contribution in [1.82, 2.24) is 5.43 Å². The lowest BCUT2D eigenvalue weighted by atomic mass is 10.2. The van der Waals surface area contributed by atoms with Crippen LogP contribution in [0.3, 0.4) is 0 Å². The van der Waals surface area contributed by atoms with E-state index in [4.69, 9.17) is 4.74 Å². The largest absolute Gasteiger partial charge is 0.507 e.